The zero-order valence-corrected chi connectivity index (χ0v) is 9.69. The second kappa shape index (κ2) is 4.82. The summed E-state index contributed by atoms with van der Waals surface area (Å²) in [6.07, 6.45) is 0. The normalized spacial score (nSPS) is 18.7. The van der Waals surface area contributed by atoms with Gasteiger partial charge in [-0.15, -0.1) is 0 Å². The first-order chi connectivity index (χ1) is 7.36. The van der Waals surface area contributed by atoms with Crippen LogP contribution in [0.4, 0.5) is 0 Å². The molecule has 2 rings (SSSR count). The van der Waals surface area contributed by atoms with Gasteiger partial charge in [-0.05, 0) is 18.6 Å². The molecule has 0 radical (unpaired) electrons. The van der Waals surface area contributed by atoms with Gasteiger partial charge in [-0.3, -0.25) is 0 Å². The second-order valence-electron chi connectivity index (χ2n) is 4.04. The van der Waals surface area contributed by atoms with Crippen molar-refractivity contribution in [3.05, 3.63) is 30.3 Å². The van der Waals surface area contributed by atoms with Crippen LogP contribution in [0.1, 0.15) is 13.8 Å². The van der Waals surface area contributed by atoms with E-state index in [1.165, 1.54) is 18.6 Å². The van der Waals surface area contributed by atoms with Crippen LogP contribution in [0.5, 0.6) is 0 Å². The Kier molecular flexibility index (Phi) is 3.44. The minimum atomic E-state index is 0.501. The maximum Gasteiger partial charge on any atom is 0.346 e. The largest absolute Gasteiger partial charge is 0.346 e. The number of nitrogens with zero attached hydrogens (tertiary/aromatic N) is 2. The van der Waals surface area contributed by atoms with Crippen molar-refractivity contribution in [1.82, 2.24) is 9.62 Å². The Morgan fingerprint density at radius 2 is 1.53 bits per heavy atom. The predicted molar refractivity (Wildman–Crippen MR) is 66.3 cm³/mol. The van der Waals surface area contributed by atoms with Crippen LogP contribution >= 0.6 is 0 Å². The average Bonchev–Trinajstić information content (AvgIpc) is 2.72. The number of benzene rings is 1. The lowest BCUT2D eigenvalue weighted by Crippen LogP contribution is -2.52. The highest BCUT2D eigenvalue weighted by Gasteiger charge is 2.35. The van der Waals surface area contributed by atoms with E-state index in [0.29, 0.717) is 6.98 Å². The second-order valence-corrected chi connectivity index (χ2v) is 4.04. The molecule has 1 fully saturated rings. The van der Waals surface area contributed by atoms with Crippen LogP contribution in [0.3, 0.4) is 0 Å². The van der Waals surface area contributed by atoms with Crippen molar-refractivity contribution in [3.8, 4) is 0 Å². The van der Waals surface area contributed by atoms with E-state index in [1.54, 1.807) is 0 Å². The Hall–Kier alpha value is -0.795. The summed E-state index contributed by atoms with van der Waals surface area (Å²) in [6, 6.07) is 10.8. The highest BCUT2D eigenvalue weighted by atomic mass is 15.3. The first-order valence-corrected chi connectivity index (χ1v) is 5.89. The van der Waals surface area contributed by atoms with Gasteiger partial charge in [0.05, 0.1) is 0 Å². The predicted octanol–water partition coefficient (Wildman–Crippen LogP) is 1.04. The van der Waals surface area contributed by atoms with Gasteiger partial charge in [-0.1, -0.05) is 44.2 Å². The molecule has 1 aliphatic rings. The molecule has 1 aromatic carbocycles. The third-order valence-corrected chi connectivity index (χ3v) is 3.28. The quantitative estimate of drug-likeness (QED) is 0.675. The van der Waals surface area contributed by atoms with Crippen molar-refractivity contribution < 1.29 is 0 Å². The minimum absolute atomic E-state index is 0.501. The summed E-state index contributed by atoms with van der Waals surface area (Å²) in [5.74, 6) is 0. The van der Waals surface area contributed by atoms with E-state index < -0.39 is 0 Å². The van der Waals surface area contributed by atoms with E-state index in [9.17, 15) is 0 Å². The SMILES string of the molecule is CCN1CCN(CC)B1c1ccccc1. The molecule has 0 aromatic heterocycles. The van der Waals surface area contributed by atoms with Crippen molar-refractivity contribution in [2.45, 2.75) is 13.8 Å². The maximum atomic E-state index is 2.54. The van der Waals surface area contributed by atoms with Gasteiger partial charge < -0.3 is 9.62 Å². The Balaban J connectivity index is 2.23. The summed E-state index contributed by atoms with van der Waals surface area (Å²) in [4.78, 5) is 5.08. The monoisotopic (exact) mass is 202 g/mol. The topological polar surface area (TPSA) is 6.48 Å². The van der Waals surface area contributed by atoms with Crippen LogP contribution in [-0.4, -0.2) is 42.8 Å². The van der Waals surface area contributed by atoms with E-state index in [0.717, 1.165) is 13.1 Å². The molecule has 1 heterocycles. The molecule has 1 aliphatic heterocycles. The van der Waals surface area contributed by atoms with Crippen molar-refractivity contribution >= 4 is 12.4 Å². The summed E-state index contributed by atoms with van der Waals surface area (Å²) in [5.41, 5.74) is 1.43. The molecule has 2 nitrogen and oxygen atoms in total. The van der Waals surface area contributed by atoms with Gasteiger partial charge in [0.1, 0.15) is 0 Å². The summed E-state index contributed by atoms with van der Waals surface area (Å²) in [5, 5.41) is 0. The Morgan fingerprint density at radius 1 is 1.00 bits per heavy atom. The van der Waals surface area contributed by atoms with Crippen molar-refractivity contribution in [2.75, 3.05) is 26.2 Å². The molecule has 80 valence electrons. The van der Waals surface area contributed by atoms with Crippen molar-refractivity contribution in [1.29, 1.82) is 0 Å². The molecule has 0 saturated carbocycles. The molecule has 0 spiro atoms. The maximum absolute atomic E-state index is 2.54. The van der Waals surface area contributed by atoms with Gasteiger partial charge in [0, 0.05) is 13.1 Å². The number of rotatable bonds is 3. The van der Waals surface area contributed by atoms with Crippen molar-refractivity contribution in [3.63, 3.8) is 0 Å². The Labute approximate surface area is 93.0 Å². The van der Waals surface area contributed by atoms with E-state index in [1.807, 2.05) is 0 Å². The smallest absolute Gasteiger partial charge is 0.323 e. The molecule has 3 heteroatoms. The summed E-state index contributed by atoms with van der Waals surface area (Å²) in [6.45, 7) is 9.66. The molecule has 0 amide bonds. The molecule has 0 unspecified atom stereocenters. The highest BCUT2D eigenvalue weighted by molar-refractivity contribution is 6.68. The lowest BCUT2D eigenvalue weighted by atomic mass is 9.65. The van der Waals surface area contributed by atoms with Gasteiger partial charge in [0.15, 0.2) is 0 Å². The van der Waals surface area contributed by atoms with Crippen LogP contribution in [0.25, 0.3) is 0 Å². The summed E-state index contributed by atoms with van der Waals surface area (Å²) < 4.78 is 0. The fourth-order valence-electron chi connectivity index (χ4n) is 2.44. The third kappa shape index (κ3) is 2.08. The standard InChI is InChI=1S/C12H19BN2/c1-3-14-10-11-15(4-2)13(14)12-8-6-5-7-9-12/h5-9H,3-4,10-11H2,1-2H3. The molecular formula is C12H19BN2. The molecule has 1 saturated heterocycles. The first kappa shape index (κ1) is 10.7. The lowest BCUT2D eigenvalue weighted by molar-refractivity contribution is 0.486. The number of likely N-dealkylation sites (N-methyl/N-ethyl adjacent to an activating group) is 2. The van der Waals surface area contributed by atoms with Gasteiger partial charge in [-0.2, -0.15) is 0 Å². The first-order valence-electron chi connectivity index (χ1n) is 5.89. The molecule has 15 heavy (non-hydrogen) atoms. The fourth-order valence-corrected chi connectivity index (χ4v) is 2.44. The van der Waals surface area contributed by atoms with Gasteiger partial charge in [0.2, 0.25) is 0 Å². The summed E-state index contributed by atoms with van der Waals surface area (Å²) in [7, 11) is 0. The van der Waals surface area contributed by atoms with E-state index in [2.05, 4.69) is 53.8 Å². The van der Waals surface area contributed by atoms with Gasteiger partial charge in [-0.25, -0.2) is 0 Å². The van der Waals surface area contributed by atoms with E-state index in [4.69, 9.17) is 0 Å². The number of hydrogen-bond acceptors (Lipinski definition) is 2. The summed E-state index contributed by atoms with van der Waals surface area (Å²) >= 11 is 0. The van der Waals surface area contributed by atoms with E-state index in [-0.39, 0.29) is 0 Å². The molecule has 1 aromatic rings. The highest BCUT2D eigenvalue weighted by Crippen LogP contribution is 2.10. The van der Waals surface area contributed by atoms with E-state index >= 15 is 0 Å². The van der Waals surface area contributed by atoms with Crippen LogP contribution in [0, 0.1) is 0 Å². The third-order valence-electron chi connectivity index (χ3n) is 3.28. The molecule has 0 aliphatic carbocycles. The average molecular weight is 202 g/mol. The Morgan fingerprint density at radius 3 is 2.00 bits per heavy atom. The van der Waals surface area contributed by atoms with Crippen LogP contribution < -0.4 is 5.46 Å². The van der Waals surface area contributed by atoms with Crippen LogP contribution in [0.15, 0.2) is 30.3 Å². The number of hydrogen-bond donors (Lipinski definition) is 0. The molecule has 0 bridgehead atoms. The zero-order valence-electron chi connectivity index (χ0n) is 9.69. The Bertz CT molecular complexity index is 290. The van der Waals surface area contributed by atoms with Crippen LogP contribution in [0.2, 0.25) is 0 Å². The minimum Gasteiger partial charge on any atom is -0.323 e. The van der Waals surface area contributed by atoms with Crippen molar-refractivity contribution in [2.24, 2.45) is 0 Å². The molecular weight excluding hydrogens is 183 g/mol. The van der Waals surface area contributed by atoms with Crippen LogP contribution in [-0.2, 0) is 0 Å². The van der Waals surface area contributed by atoms with Gasteiger partial charge in [0.25, 0.3) is 0 Å². The van der Waals surface area contributed by atoms with Gasteiger partial charge >= 0.3 is 6.98 Å². The zero-order chi connectivity index (χ0) is 10.7. The lowest BCUT2D eigenvalue weighted by Gasteiger charge is -2.25. The molecule has 0 atom stereocenters. The molecule has 0 N–H and O–H groups in total. The fraction of sp³-hybridized carbons (Fsp3) is 0.500.